The molecule has 0 bridgehead atoms. The summed E-state index contributed by atoms with van der Waals surface area (Å²) in [6.07, 6.45) is 0. The van der Waals surface area contributed by atoms with Gasteiger partial charge in [-0.05, 0) is 37.3 Å². The number of piperazine rings is 1. The fourth-order valence-electron chi connectivity index (χ4n) is 3.58. The highest BCUT2D eigenvalue weighted by atomic mass is 35.5. The molecule has 0 saturated carbocycles. The maximum absolute atomic E-state index is 13.1. The highest BCUT2D eigenvalue weighted by Gasteiger charge is 2.27. The summed E-state index contributed by atoms with van der Waals surface area (Å²) in [6.45, 7) is 3.51. The summed E-state index contributed by atoms with van der Waals surface area (Å²) < 4.78 is 0.606. The van der Waals surface area contributed by atoms with Gasteiger partial charge in [0.25, 0.3) is 11.6 Å². The molecule has 0 spiro atoms. The Kier molecular flexibility index (Phi) is 6.59. The van der Waals surface area contributed by atoms with Crippen molar-refractivity contribution in [3.63, 3.8) is 0 Å². The number of nitro benzene ring substituents is 1. The van der Waals surface area contributed by atoms with Crippen LogP contribution >= 0.6 is 35.2 Å². The number of amides is 1. The van der Waals surface area contributed by atoms with E-state index in [0.717, 1.165) is 17.0 Å². The molecule has 1 N–H and O–H groups in total. The highest BCUT2D eigenvalue weighted by molar-refractivity contribution is 7.80. The topological polar surface area (TPSA) is 95.8 Å². The average Bonchev–Trinajstić information content (AvgIpc) is 3.14. The second-order valence-electron chi connectivity index (χ2n) is 7.53. The van der Waals surface area contributed by atoms with Gasteiger partial charge in [0.2, 0.25) is 0 Å². The predicted octanol–water partition coefficient (Wildman–Crippen LogP) is 4.82. The number of thiocarbonyl (C=S) groups is 1. The molecule has 1 aliphatic rings. The number of anilines is 1. The van der Waals surface area contributed by atoms with Crippen LogP contribution in [-0.2, 0) is 0 Å². The molecule has 0 unspecified atom stereocenters. The normalized spacial score (nSPS) is 13.8. The quantitative estimate of drug-likeness (QED) is 0.236. The second-order valence-corrected chi connectivity index (χ2v) is 9.35. The Morgan fingerprint density at radius 1 is 1.12 bits per heavy atom. The van der Waals surface area contributed by atoms with E-state index in [9.17, 15) is 19.7 Å². The summed E-state index contributed by atoms with van der Waals surface area (Å²) in [5.74, 6) is -0.220. The number of fused-ring (bicyclic) bond motifs is 1. The molecule has 4 rings (SSSR count). The Morgan fingerprint density at radius 3 is 2.48 bits per heavy atom. The summed E-state index contributed by atoms with van der Waals surface area (Å²) in [4.78, 5) is 39.3. The van der Waals surface area contributed by atoms with E-state index < -0.39 is 4.92 Å². The van der Waals surface area contributed by atoms with E-state index in [1.165, 1.54) is 19.1 Å². The molecule has 1 amide bonds. The van der Waals surface area contributed by atoms with Crippen molar-refractivity contribution >= 4 is 73.4 Å². The molecule has 0 atom stereocenters. The molecule has 33 heavy (non-hydrogen) atoms. The van der Waals surface area contributed by atoms with Gasteiger partial charge >= 0.3 is 0 Å². The van der Waals surface area contributed by atoms with E-state index in [0.29, 0.717) is 56.8 Å². The first-order valence-electron chi connectivity index (χ1n) is 10.1. The number of rotatable bonds is 4. The van der Waals surface area contributed by atoms with E-state index >= 15 is 0 Å². The van der Waals surface area contributed by atoms with E-state index in [-0.39, 0.29) is 17.4 Å². The van der Waals surface area contributed by atoms with Gasteiger partial charge in [0.15, 0.2) is 10.9 Å². The number of benzene rings is 2. The number of halogens is 1. The Balaban J connectivity index is 1.41. The minimum Gasteiger partial charge on any atom is -0.345 e. The van der Waals surface area contributed by atoms with Crippen molar-refractivity contribution in [2.24, 2.45) is 0 Å². The molecular formula is C22H19ClN4O4S2. The van der Waals surface area contributed by atoms with Crippen LogP contribution in [-0.4, -0.2) is 57.7 Å². The molecule has 1 aromatic heterocycles. The lowest BCUT2D eigenvalue weighted by Gasteiger charge is -2.36. The lowest BCUT2D eigenvalue weighted by atomic mass is 10.1. The number of hydrogen-bond acceptors (Lipinski definition) is 6. The van der Waals surface area contributed by atoms with E-state index in [2.05, 4.69) is 5.32 Å². The molecule has 11 heteroatoms. The number of thiophene rings is 1. The molecule has 1 fully saturated rings. The van der Waals surface area contributed by atoms with Crippen LogP contribution in [0.1, 0.15) is 27.0 Å². The molecule has 1 aliphatic heterocycles. The van der Waals surface area contributed by atoms with E-state index in [4.69, 9.17) is 23.8 Å². The van der Waals surface area contributed by atoms with Gasteiger partial charge in [0.05, 0.1) is 9.95 Å². The van der Waals surface area contributed by atoms with E-state index in [1.807, 2.05) is 11.0 Å². The van der Waals surface area contributed by atoms with Crippen LogP contribution < -0.4 is 5.32 Å². The summed E-state index contributed by atoms with van der Waals surface area (Å²) >= 11 is 13.1. The third-order valence-electron chi connectivity index (χ3n) is 5.39. The molecule has 2 heterocycles. The lowest BCUT2D eigenvalue weighted by molar-refractivity contribution is -0.384. The van der Waals surface area contributed by atoms with Crippen LogP contribution in [0.4, 0.5) is 11.4 Å². The van der Waals surface area contributed by atoms with Crippen molar-refractivity contribution in [2.45, 2.75) is 6.92 Å². The van der Waals surface area contributed by atoms with Gasteiger partial charge in [-0.3, -0.25) is 19.7 Å². The number of Topliss-reactive ketones (excluding diaryl/α,β-unsaturated/α-hetero) is 1. The first-order chi connectivity index (χ1) is 15.7. The third-order valence-corrected chi connectivity index (χ3v) is 7.40. The molecule has 2 aromatic carbocycles. The average molecular weight is 503 g/mol. The largest absolute Gasteiger partial charge is 0.345 e. The summed E-state index contributed by atoms with van der Waals surface area (Å²) in [5, 5.41) is 15.7. The minimum absolute atomic E-state index is 0.0220. The summed E-state index contributed by atoms with van der Waals surface area (Å²) in [7, 11) is 0. The van der Waals surface area contributed by atoms with Crippen molar-refractivity contribution in [1.82, 2.24) is 9.80 Å². The monoisotopic (exact) mass is 502 g/mol. The molecule has 170 valence electrons. The number of hydrogen-bond donors (Lipinski definition) is 1. The molecule has 3 aromatic rings. The first-order valence-corrected chi connectivity index (χ1v) is 11.7. The van der Waals surface area contributed by atoms with Crippen LogP contribution in [0.2, 0.25) is 5.02 Å². The smallest absolute Gasteiger partial charge is 0.270 e. The lowest BCUT2D eigenvalue weighted by Crippen LogP contribution is -2.51. The van der Waals surface area contributed by atoms with Crippen molar-refractivity contribution in [2.75, 3.05) is 31.5 Å². The van der Waals surface area contributed by atoms with Crippen LogP contribution in [0.3, 0.4) is 0 Å². The number of carbonyl (C=O) groups excluding carboxylic acids is 2. The van der Waals surface area contributed by atoms with Gasteiger partial charge in [-0.1, -0.05) is 23.7 Å². The standard InChI is InChI=1S/C22H19ClN4O4S2/c1-13(28)14-3-2-4-15(11-14)24-22(32)26-9-7-25(8-10-26)21(29)20-19(23)17-6-5-16(27(30)31)12-18(17)33-20/h2-6,11-12H,7-10H2,1H3,(H,24,32). The maximum Gasteiger partial charge on any atom is 0.270 e. The first kappa shape index (κ1) is 23.1. The SMILES string of the molecule is CC(=O)c1cccc(NC(=S)N2CCN(C(=O)c3sc4cc([N+](=O)[O-])ccc4c3Cl)CC2)c1. The number of nitrogens with one attached hydrogen (secondary N) is 1. The number of ketones is 1. The summed E-state index contributed by atoms with van der Waals surface area (Å²) in [6, 6.07) is 11.5. The zero-order valence-corrected chi connectivity index (χ0v) is 19.9. The molecule has 1 saturated heterocycles. The summed E-state index contributed by atoms with van der Waals surface area (Å²) in [5.41, 5.74) is 1.30. The van der Waals surface area contributed by atoms with Gasteiger partial charge in [-0.2, -0.15) is 0 Å². The number of nitrogens with zero attached hydrogens (tertiary/aromatic N) is 3. The van der Waals surface area contributed by atoms with Crippen molar-refractivity contribution in [3.8, 4) is 0 Å². The maximum atomic E-state index is 13.1. The van der Waals surface area contributed by atoms with Gasteiger partial charge in [0, 0.05) is 59.6 Å². The van der Waals surface area contributed by atoms with E-state index in [1.54, 1.807) is 29.2 Å². The molecule has 8 nitrogen and oxygen atoms in total. The van der Waals surface area contributed by atoms with Gasteiger partial charge in [-0.25, -0.2) is 0 Å². The number of nitro groups is 1. The van der Waals surface area contributed by atoms with Crippen LogP contribution in [0.5, 0.6) is 0 Å². The molecule has 0 aliphatic carbocycles. The Morgan fingerprint density at radius 2 is 1.82 bits per heavy atom. The zero-order chi connectivity index (χ0) is 23.7. The van der Waals surface area contributed by atoms with Crippen LogP contribution in [0.25, 0.3) is 10.1 Å². The number of carbonyl (C=O) groups is 2. The Hall–Kier alpha value is -3.08. The van der Waals surface area contributed by atoms with Crippen molar-refractivity contribution in [3.05, 3.63) is 68.0 Å². The minimum atomic E-state index is -0.471. The van der Waals surface area contributed by atoms with Gasteiger partial charge < -0.3 is 15.1 Å². The fourth-order valence-corrected chi connectivity index (χ4v) is 5.39. The van der Waals surface area contributed by atoms with Gasteiger partial charge in [-0.15, -0.1) is 11.3 Å². The van der Waals surface area contributed by atoms with Crippen LogP contribution in [0, 0.1) is 10.1 Å². The van der Waals surface area contributed by atoms with Crippen molar-refractivity contribution in [1.29, 1.82) is 0 Å². The highest BCUT2D eigenvalue weighted by Crippen LogP contribution is 2.38. The van der Waals surface area contributed by atoms with Gasteiger partial charge in [0.1, 0.15) is 4.88 Å². The Bertz CT molecular complexity index is 1280. The Labute approximate surface area is 203 Å². The predicted molar refractivity (Wildman–Crippen MR) is 134 cm³/mol. The third kappa shape index (κ3) is 4.82. The number of non-ortho nitro benzene ring substituents is 1. The molecule has 0 radical (unpaired) electrons. The fraction of sp³-hybridized carbons (Fsp3) is 0.227. The zero-order valence-electron chi connectivity index (χ0n) is 17.5. The van der Waals surface area contributed by atoms with Crippen LogP contribution in [0.15, 0.2) is 42.5 Å². The van der Waals surface area contributed by atoms with Crippen molar-refractivity contribution < 1.29 is 14.5 Å². The second kappa shape index (κ2) is 9.42. The molecular weight excluding hydrogens is 484 g/mol.